The van der Waals surface area contributed by atoms with Crippen LogP contribution in [0.1, 0.15) is 52.4 Å². The van der Waals surface area contributed by atoms with Gasteiger partial charge in [0.05, 0.1) is 6.61 Å². The van der Waals surface area contributed by atoms with Crippen LogP contribution in [0.3, 0.4) is 0 Å². The van der Waals surface area contributed by atoms with Crippen LogP contribution in [0.2, 0.25) is 0 Å². The predicted octanol–water partition coefficient (Wildman–Crippen LogP) is 2.97. The molecule has 2 atom stereocenters. The summed E-state index contributed by atoms with van der Waals surface area (Å²) in [5.41, 5.74) is 0.576. The van der Waals surface area contributed by atoms with Gasteiger partial charge in [-0.05, 0) is 37.0 Å². The summed E-state index contributed by atoms with van der Waals surface area (Å²) in [4.78, 5) is 0. The lowest BCUT2D eigenvalue weighted by Crippen LogP contribution is -2.41. The standard InChI is InChI=1S/C14H27NO/c1-3-13(12-6-9-16-10-12)15-11-14(2)7-4-5-8-14/h12-13,15H,3-11H2,1-2H3. The van der Waals surface area contributed by atoms with E-state index in [4.69, 9.17) is 4.74 Å². The summed E-state index contributed by atoms with van der Waals surface area (Å²) in [5.74, 6) is 0.759. The van der Waals surface area contributed by atoms with Crippen LogP contribution < -0.4 is 5.32 Å². The van der Waals surface area contributed by atoms with Crippen molar-refractivity contribution in [2.45, 2.75) is 58.4 Å². The van der Waals surface area contributed by atoms with E-state index < -0.39 is 0 Å². The third kappa shape index (κ3) is 2.98. The van der Waals surface area contributed by atoms with E-state index in [2.05, 4.69) is 19.2 Å². The Kier molecular flexibility index (Phi) is 4.26. The van der Waals surface area contributed by atoms with Gasteiger partial charge in [0.15, 0.2) is 0 Å². The van der Waals surface area contributed by atoms with Gasteiger partial charge < -0.3 is 10.1 Å². The Labute approximate surface area is 100 Å². The van der Waals surface area contributed by atoms with Crippen LogP contribution in [0.25, 0.3) is 0 Å². The first-order valence-electron chi connectivity index (χ1n) is 7.05. The van der Waals surface area contributed by atoms with Crippen LogP contribution in [0.15, 0.2) is 0 Å². The molecular formula is C14H27NO. The molecular weight excluding hydrogens is 198 g/mol. The van der Waals surface area contributed by atoms with E-state index >= 15 is 0 Å². The molecule has 2 fully saturated rings. The van der Waals surface area contributed by atoms with Crippen molar-refractivity contribution in [3.05, 3.63) is 0 Å². The van der Waals surface area contributed by atoms with Crippen LogP contribution in [-0.4, -0.2) is 25.8 Å². The molecule has 0 amide bonds. The number of ether oxygens (including phenoxy) is 1. The molecule has 1 aliphatic carbocycles. The Morgan fingerprint density at radius 1 is 1.38 bits per heavy atom. The summed E-state index contributed by atoms with van der Waals surface area (Å²) >= 11 is 0. The van der Waals surface area contributed by atoms with E-state index in [0.717, 1.165) is 19.1 Å². The second-order valence-corrected chi connectivity index (χ2v) is 6.04. The minimum atomic E-state index is 0.576. The fraction of sp³-hybridized carbons (Fsp3) is 1.00. The van der Waals surface area contributed by atoms with Crippen molar-refractivity contribution in [3.8, 4) is 0 Å². The maximum atomic E-state index is 5.50. The summed E-state index contributed by atoms with van der Waals surface area (Å²) in [7, 11) is 0. The zero-order valence-corrected chi connectivity index (χ0v) is 10.9. The van der Waals surface area contributed by atoms with Gasteiger partial charge in [-0.2, -0.15) is 0 Å². The van der Waals surface area contributed by atoms with Gasteiger partial charge in [-0.3, -0.25) is 0 Å². The van der Waals surface area contributed by atoms with Crippen molar-refractivity contribution in [2.24, 2.45) is 11.3 Å². The van der Waals surface area contributed by atoms with Crippen LogP contribution in [0.5, 0.6) is 0 Å². The van der Waals surface area contributed by atoms with Gasteiger partial charge in [-0.25, -0.2) is 0 Å². The number of hydrogen-bond acceptors (Lipinski definition) is 2. The molecule has 0 aromatic heterocycles. The molecule has 1 saturated heterocycles. The molecule has 1 N–H and O–H groups in total. The molecule has 16 heavy (non-hydrogen) atoms. The minimum absolute atomic E-state index is 0.576. The topological polar surface area (TPSA) is 21.3 Å². The molecule has 1 aliphatic heterocycles. The highest BCUT2D eigenvalue weighted by molar-refractivity contribution is 4.86. The normalized spacial score (nSPS) is 30.8. The average molecular weight is 225 g/mol. The maximum Gasteiger partial charge on any atom is 0.0509 e. The highest BCUT2D eigenvalue weighted by Crippen LogP contribution is 2.37. The van der Waals surface area contributed by atoms with Gasteiger partial charge in [0.2, 0.25) is 0 Å². The molecule has 2 heteroatoms. The van der Waals surface area contributed by atoms with Gasteiger partial charge in [-0.1, -0.05) is 26.7 Å². The fourth-order valence-electron chi connectivity index (χ4n) is 3.30. The molecule has 0 bridgehead atoms. The zero-order chi connectivity index (χ0) is 11.4. The summed E-state index contributed by atoms with van der Waals surface area (Å²) < 4.78 is 5.50. The fourth-order valence-corrected chi connectivity index (χ4v) is 3.30. The molecule has 2 rings (SSSR count). The van der Waals surface area contributed by atoms with Crippen LogP contribution >= 0.6 is 0 Å². The number of nitrogens with one attached hydrogen (secondary N) is 1. The summed E-state index contributed by atoms with van der Waals surface area (Å²) in [6.45, 7) is 7.90. The van der Waals surface area contributed by atoms with Gasteiger partial charge >= 0.3 is 0 Å². The smallest absolute Gasteiger partial charge is 0.0509 e. The third-order valence-corrected chi connectivity index (χ3v) is 4.58. The van der Waals surface area contributed by atoms with E-state index in [1.807, 2.05) is 0 Å². The summed E-state index contributed by atoms with van der Waals surface area (Å²) in [5, 5.41) is 3.81. The molecule has 0 radical (unpaired) electrons. The van der Waals surface area contributed by atoms with E-state index in [-0.39, 0.29) is 0 Å². The van der Waals surface area contributed by atoms with E-state index in [0.29, 0.717) is 11.5 Å². The maximum absolute atomic E-state index is 5.50. The van der Waals surface area contributed by atoms with E-state index in [1.165, 1.54) is 45.1 Å². The first-order chi connectivity index (χ1) is 7.73. The lowest BCUT2D eigenvalue weighted by Gasteiger charge is -2.29. The Bertz CT molecular complexity index is 205. The van der Waals surface area contributed by atoms with Crippen molar-refractivity contribution in [1.29, 1.82) is 0 Å². The summed E-state index contributed by atoms with van der Waals surface area (Å²) in [6.07, 6.45) is 8.19. The van der Waals surface area contributed by atoms with Crippen molar-refractivity contribution < 1.29 is 4.74 Å². The third-order valence-electron chi connectivity index (χ3n) is 4.58. The average Bonchev–Trinajstić information content (AvgIpc) is 2.91. The molecule has 0 aromatic rings. The molecule has 1 saturated carbocycles. The first kappa shape index (κ1) is 12.4. The summed E-state index contributed by atoms with van der Waals surface area (Å²) in [6, 6.07) is 0.680. The molecule has 1 heterocycles. The lowest BCUT2D eigenvalue weighted by molar-refractivity contribution is 0.171. The van der Waals surface area contributed by atoms with Crippen LogP contribution in [0.4, 0.5) is 0 Å². The minimum Gasteiger partial charge on any atom is -0.381 e. The highest BCUT2D eigenvalue weighted by Gasteiger charge is 2.31. The van der Waals surface area contributed by atoms with Gasteiger partial charge in [0.1, 0.15) is 0 Å². The molecule has 0 aromatic carbocycles. The number of hydrogen-bond donors (Lipinski definition) is 1. The Hall–Kier alpha value is -0.0800. The molecule has 0 spiro atoms. The number of rotatable bonds is 5. The Balaban J connectivity index is 1.77. The van der Waals surface area contributed by atoms with Crippen molar-refractivity contribution in [3.63, 3.8) is 0 Å². The quantitative estimate of drug-likeness (QED) is 0.776. The predicted molar refractivity (Wildman–Crippen MR) is 67.6 cm³/mol. The van der Waals surface area contributed by atoms with Gasteiger partial charge in [0.25, 0.3) is 0 Å². The Morgan fingerprint density at radius 3 is 2.69 bits per heavy atom. The van der Waals surface area contributed by atoms with Gasteiger partial charge in [0, 0.05) is 19.2 Å². The molecule has 2 nitrogen and oxygen atoms in total. The van der Waals surface area contributed by atoms with Crippen molar-refractivity contribution in [1.82, 2.24) is 5.32 Å². The SMILES string of the molecule is CCC(NCC1(C)CCCC1)C1CCOC1. The van der Waals surface area contributed by atoms with E-state index in [1.54, 1.807) is 0 Å². The monoisotopic (exact) mass is 225 g/mol. The van der Waals surface area contributed by atoms with Crippen LogP contribution in [0, 0.1) is 11.3 Å². The van der Waals surface area contributed by atoms with Gasteiger partial charge in [-0.15, -0.1) is 0 Å². The highest BCUT2D eigenvalue weighted by atomic mass is 16.5. The van der Waals surface area contributed by atoms with Crippen molar-refractivity contribution in [2.75, 3.05) is 19.8 Å². The second-order valence-electron chi connectivity index (χ2n) is 6.04. The van der Waals surface area contributed by atoms with Crippen molar-refractivity contribution >= 4 is 0 Å². The molecule has 2 aliphatic rings. The molecule has 2 unspecified atom stereocenters. The molecule has 94 valence electrons. The second kappa shape index (κ2) is 5.50. The zero-order valence-electron chi connectivity index (χ0n) is 10.9. The largest absolute Gasteiger partial charge is 0.381 e. The Morgan fingerprint density at radius 2 is 2.12 bits per heavy atom. The lowest BCUT2D eigenvalue weighted by atomic mass is 9.87. The first-order valence-corrected chi connectivity index (χ1v) is 7.05. The van der Waals surface area contributed by atoms with Crippen LogP contribution in [-0.2, 0) is 4.74 Å². The van der Waals surface area contributed by atoms with E-state index in [9.17, 15) is 0 Å².